The minimum Gasteiger partial charge on any atom is -0.481 e. The van der Waals surface area contributed by atoms with Gasteiger partial charge in [0.15, 0.2) is 5.82 Å². The number of nitrogens with zero attached hydrogens (tertiary/aromatic N) is 4. The van der Waals surface area contributed by atoms with Crippen molar-refractivity contribution in [2.24, 2.45) is 5.41 Å². The lowest BCUT2D eigenvalue weighted by atomic mass is 9.74. The molecule has 2 aromatic rings. The maximum atomic E-state index is 11.8. The molecule has 2 aromatic heterocycles. The van der Waals surface area contributed by atoms with Gasteiger partial charge in [-0.1, -0.05) is 19.3 Å². The van der Waals surface area contributed by atoms with E-state index in [0.717, 1.165) is 28.6 Å². The lowest BCUT2D eigenvalue weighted by Crippen LogP contribution is -2.38. The molecule has 8 heteroatoms. The van der Waals surface area contributed by atoms with Crippen LogP contribution in [0.2, 0.25) is 0 Å². The van der Waals surface area contributed by atoms with Gasteiger partial charge in [0.1, 0.15) is 0 Å². The van der Waals surface area contributed by atoms with E-state index in [1.807, 2.05) is 11.4 Å². The largest absolute Gasteiger partial charge is 0.481 e. The number of hydrogen-bond donors (Lipinski definition) is 1. The second-order valence-corrected chi connectivity index (χ2v) is 7.74. The van der Waals surface area contributed by atoms with Crippen molar-refractivity contribution in [3.63, 3.8) is 0 Å². The van der Waals surface area contributed by atoms with Gasteiger partial charge < -0.3 is 5.11 Å². The molecule has 0 spiro atoms. The van der Waals surface area contributed by atoms with Crippen molar-refractivity contribution in [3.05, 3.63) is 15.2 Å². The fourth-order valence-electron chi connectivity index (χ4n) is 2.90. The van der Waals surface area contributed by atoms with E-state index in [4.69, 9.17) is 0 Å². The Morgan fingerprint density at radius 1 is 1.43 bits per heavy atom. The molecule has 2 heterocycles. The number of aromatic nitrogens is 4. The van der Waals surface area contributed by atoms with E-state index in [0.29, 0.717) is 25.2 Å². The van der Waals surface area contributed by atoms with E-state index >= 15 is 0 Å². The van der Waals surface area contributed by atoms with E-state index in [-0.39, 0.29) is 0 Å². The van der Waals surface area contributed by atoms with Gasteiger partial charge in [0.2, 0.25) is 0 Å². The molecule has 1 aliphatic carbocycles. The van der Waals surface area contributed by atoms with Crippen LogP contribution in [0.15, 0.2) is 15.2 Å². The maximum absolute atomic E-state index is 11.8. The van der Waals surface area contributed by atoms with Crippen molar-refractivity contribution >= 4 is 33.2 Å². The van der Waals surface area contributed by atoms with Gasteiger partial charge in [-0.05, 0) is 45.3 Å². The molecule has 0 amide bonds. The minimum atomic E-state index is -0.741. The van der Waals surface area contributed by atoms with E-state index in [9.17, 15) is 9.90 Å². The summed E-state index contributed by atoms with van der Waals surface area (Å²) in [5.74, 6) is -0.113. The van der Waals surface area contributed by atoms with Crippen LogP contribution in [0, 0.1) is 5.41 Å². The molecule has 0 bridgehead atoms. The summed E-state index contributed by atoms with van der Waals surface area (Å²) < 4.78 is 2.63. The molecule has 1 fully saturated rings. The zero-order valence-electron chi connectivity index (χ0n) is 11.3. The number of halogens is 1. The fraction of sp³-hybridized carbons (Fsp3) is 0.538. The molecule has 0 atom stereocenters. The Labute approximate surface area is 134 Å². The Kier molecular flexibility index (Phi) is 4.08. The first-order valence-corrected chi connectivity index (χ1v) is 8.52. The Balaban J connectivity index is 1.91. The van der Waals surface area contributed by atoms with Crippen LogP contribution in [0.5, 0.6) is 0 Å². The van der Waals surface area contributed by atoms with Gasteiger partial charge >= 0.3 is 5.97 Å². The van der Waals surface area contributed by atoms with Crippen LogP contribution in [0.25, 0.3) is 11.4 Å². The third-order valence-corrected chi connectivity index (χ3v) is 5.58. The molecule has 1 aliphatic rings. The van der Waals surface area contributed by atoms with Crippen molar-refractivity contribution in [2.75, 3.05) is 0 Å². The minimum absolute atomic E-state index is 0.331. The number of carbonyl (C=O) groups is 1. The molecule has 0 saturated heterocycles. The number of hydrogen-bond acceptors (Lipinski definition) is 5. The van der Waals surface area contributed by atoms with Crippen LogP contribution in [-0.2, 0) is 11.3 Å². The number of rotatable bonds is 4. The highest BCUT2D eigenvalue weighted by Gasteiger charge is 2.41. The summed E-state index contributed by atoms with van der Waals surface area (Å²) in [4.78, 5) is 11.8. The predicted molar refractivity (Wildman–Crippen MR) is 82.0 cm³/mol. The molecule has 112 valence electrons. The average molecular weight is 371 g/mol. The highest BCUT2D eigenvalue weighted by molar-refractivity contribution is 9.11. The lowest BCUT2D eigenvalue weighted by molar-refractivity contribution is -0.152. The van der Waals surface area contributed by atoms with Crippen molar-refractivity contribution in [1.82, 2.24) is 20.2 Å². The Hall–Kier alpha value is -1.28. The van der Waals surface area contributed by atoms with Crippen LogP contribution < -0.4 is 0 Å². The lowest BCUT2D eigenvalue weighted by Gasteiger charge is -2.32. The van der Waals surface area contributed by atoms with Gasteiger partial charge in [-0.25, -0.2) is 4.68 Å². The standard InChI is InChI=1S/C13H15BrN4O2S/c14-10-6-9(7-21-10)11-15-16-17-18(11)8-13(12(19)20)4-2-1-3-5-13/h6-7H,1-5,8H2,(H,19,20). The summed E-state index contributed by atoms with van der Waals surface area (Å²) in [6.07, 6.45) is 4.39. The van der Waals surface area contributed by atoms with Crippen molar-refractivity contribution in [3.8, 4) is 11.4 Å². The Bertz CT molecular complexity index is 648. The summed E-state index contributed by atoms with van der Waals surface area (Å²) in [5, 5.41) is 23.4. The first kappa shape index (κ1) is 14.6. The average Bonchev–Trinajstić information content (AvgIpc) is 3.08. The first-order valence-electron chi connectivity index (χ1n) is 6.85. The molecule has 0 unspecified atom stereocenters. The quantitative estimate of drug-likeness (QED) is 0.893. The molecular formula is C13H15BrN4O2S. The van der Waals surface area contributed by atoms with Crippen molar-refractivity contribution in [2.45, 2.75) is 38.6 Å². The maximum Gasteiger partial charge on any atom is 0.311 e. The number of tetrazole rings is 1. The van der Waals surface area contributed by atoms with Crippen LogP contribution in [-0.4, -0.2) is 31.3 Å². The van der Waals surface area contributed by atoms with Crippen molar-refractivity contribution < 1.29 is 9.90 Å². The highest BCUT2D eigenvalue weighted by atomic mass is 79.9. The smallest absolute Gasteiger partial charge is 0.311 e. The van der Waals surface area contributed by atoms with Gasteiger partial charge in [0, 0.05) is 10.9 Å². The normalized spacial score (nSPS) is 17.8. The zero-order valence-corrected chi connectivity index (χ0v) is 13.7. The Morgan fingerprint density at radius 2 is 2.19 bits per heavy atom. The van der Waals surface area contributed by atoms with E-state index < -0.39 is 11.4 Å². The molecule has 0 aromatic carbocycles. The second-order valence-electron chi connectivity index (χ2n) is 5.45. The number of carboxylic acids is 1. The summed E-state index contributed by atoms with van der Waals surface area (Å²) in [6, 6.07) is 1.95. The topological polar surface area (TPSA) is 80.9 Å². The molecule has 6 nitrogen and oxygen atoms in total. The van der Waals surface area contributed by atoms with Crippen LogP contribution in [0.1, 0.15) is 32.1 Å². The molecule has 1 N–H and O–H groups in total. The third kappa shape index (κ3) is 2.87. The highest BCUT2D eigenvalue weighted by Crippen LogP contribution is 2.39. The number of carboxylic acid groups (broad SMARTS) is 1. The predicted octanol–water partition coefficient (Wildman–Crippen LogP) is 3.20. The van der Waals surface area contributed by atoms with Gasteiger partial charge in [0.05, 0.1) is 15.7 Å². The van der Waals surface area contributed by atoms with Gasteiger partial charge in [-0.3, -0.25) is 4.79 Å². The van der Waals surface area contributed by atoms with Crippen LogP contribution in [0.3, 0.4) is 0 Å². The SMILES string of the molecule is O=C(O)C1(Cn2nnnc2-c2csc(Br)c2)CCCCC1. The summed E-state index contributed by atoms with van der Waals surface area (Å²) >= 11 is 4.98. The molecule has 1 saturated carbocycles. The van der Waals surface area contributed by atoms with Gasteiger partial charge in [-0.2, -0.15) is 0 Å². The fourth-order valence-corrected chi connectivity index (χ4v) is 4.04. The molecule has 0 aliphatic heterocycles. The monoisotopic (exact) mass is 370 g/mol. The third-order valence-electron chi connectivity index (χ3n) is 4.07. The first-order chi connectivity index (χ1) is 10.1. The summed E-state index contributed by atoms with van der Waals surface area (Å²) in [7, 11) is 0. The number of aliphatic carboxylic acids is 1. The van der Waals surface area contributed by atoms with E-state index in [2.05, 4.69) is 31.5 Å². The Morgan fingerprint density at radius 3 is 2.81 bits per heavy atom. The van der Waals surface area contributed by atoms with Gasteiger partial charge in [-0.15, -0.1) is 16.4 Å². The molecule has 0 radical (unpaired) electrons. The van der Waals surface area contributed by atoms with E-state index in [1.165, 1.54) is 0 Å². The van der Waals surface area contributed by atoms with E-state index in [1.54, 1.807) is 16.0 Å². The van der Waals surface area contributed by atoms with Crippen LogP contribution in [0.4, 0.5) is 0 Å². The number of thiophene rings is 1. The zero-order chi connectivity index (χ0) is 14.9. The summed E-state index contributed by atoms with van der Waals surface area (Å²) in [6.45, 7) is 0.331. The van der Waals surface area contributed by atoms with Crippen LogP contribution >= 0.6 is 27.3 Å². The van der Waals surface area contributed by atoms with Crippen molar-refractivity contribution in [1.29, 1.82) is 0 Å². The second kappa shape index (κ2) is 5.84. The molecule has 21 heavy (non-hydrogen) atoms. The summed E-state index contributed by atoms with van der Waals surface area (Å²) in [5.41, 5.74) is 0.170. The molecule has 3 rings (SSSR count). The molecular weight excluding hydrogens is 356 g/mol. The van der Waals surface area contributed by atoms with Gasteiger partial charge in [0.25, 0.3) is 0 Å².